The Morgan fingerprint density at radius 3 is 1.98 bits per heavy atom. The van der Waals surface area contributed by atoms with E-state index in [2.05, 4.69) is 51.9 Å². The van der Waals surface area contributed by atoms with Crippen molar-refractivity contribution in [3.8, 4) is 51.7 Å². The number of rotatable bonds is 4. The SMILES string of the molecule is [C-]#[N+]c1cc(-c2nc(-c3ccccc3)nc(-c3ccccc3)c2C#N)cc(C#N)c1-n1c2ccccc2c2ccc3c4ccccc4sc3c21. The summed E-state index contributed by atoms with van der Waals surface area (Å²) in [5.41, 5.74) is 6.12. The standard InChI is InChI=1S/C43H22N6S/c1-46-35-23-28(39-34(25-45)38(26-12-4-2-5-13-26)47-43(48-39)27-14-6-3-7-15-27)22-29(24-44)40(35)49-36-18-10-8-16-30(36)32-20-21-33-31-17-9-11-19-37(31)50-42(33)41(32)49/h2-23H. The normalized spacial score (nSPS) is 11.1. The fourth-order valence-corrected chi connectivity index (χ4v) is 8.16. The largest absolute Gasteiger partial charge is 0.316 e. The van der Waals surface area contributed by atoms with E-state index in [1.807, 2.05) is 91.0 Å². The monoisotopic (exact) mass is 654 g/mol. The van der Waals surface area contributed by atoms with Gasteiger partial charge in [-0.3, -0.25) is 0 Å². The Labute approximate surface area is 290 Å². The first kappa shape index (κ1) is 29.1. The van der Waals surface area contributed by atoms with Crippen molar-refractivity contribution in [3.63, 3.8) is 0 Å². The second kappa shape index (κ2) is 11.5. The minimum Gasteiger partial charge on any atom is -0.316 e. The van der Waals surface area contributed by atoms with E-state index in [9.17, 15) is 10.5 Å². The van der Waals surface area contributed by atoms with Gasteiger partial charge >= 0.3 is 0 Å². The molecule has 0 fully saturated rings. The van der Waals surface area contributed by atoms with Crippen LogP contribution < -0.4 is 0 Å². The van der Waals surface area contributed by atoms with Crippen molar-refractivity contribution in [2.75, 3.05) is 0 Å². The zero-order chi connectivity index (χ0) is 33.8. The number of hydrogen-bond donors (Lipinski definition) is 0. The maximum absolute atomic E-state index is 10.8. The lowest BCUT2D eigenvalue weighted by atomic mass is 9.97. The molecule has 0 saturated heterocycles. The maximum atomic E-state index is 10.8. The quantitative estimate of drug-likeness (QED) is 0.177. The molecule has 0 spiro atoms. The van der Waals surface area contributed by atoms with Crippen LogP contribution in [0.15, 0.2) is 133 Å². The van der Waals surface area contributed by atoms with E-state index in [1.165, 1.54) is 10.1 Å². The fraction of sp³-hybridized carbons (Fsp3) is 0. The van der Waals surface area contributed by atoms with Crippen molar-refractivity contribution in [1.82, 2.24) is 14.5 Å². The van der Waals surface area contributed by atoms with Gasteiger partial charge in [0.05, 0.1) is 51.0 Å². The topological polar surface area (TPSA) is 82.7 Å². The van der Waals surface area contributed by atoms with Gasteiger partial charge in [-0.25, -0.2) is 14.8 Å². The highest BCUT2D eigenvalue weighted by molar-refractivity contribution is 7.26. The molecule has 3 heterocycles. The lowest BCUT2D eigenvalue weighted by molar-refractivity contribution is 1.16. The van der Waals surface area contributed by atoms with Crippen LogP contribution in [-0.2, 0) is 0 Å². The second-order valence-corrected chi connectivity index (χ2v) is 12.9. The predicted octanol–water partition coefficient (Wildman–Crippen LogP) is 11.2. The summed E-state index contributed by atoms with van der Waals surface area (Å²) in [6, 6.07) is 48.2. The Balaban J connectivity index is 1.37. The van der Waals surface area contributed by atoms with Crippen LogP contribution in [0, 0.1) is 29.2 Å². The molecule has 6 aromatic carbocycles. The van der Waals surface area contributed by atoms with E-state index < -0.39 is 0 Å². The third-order valence-electron chi connectivity index (χ3n) is 9.11. The number of nitrogens with zero attached hydrogens (tertiary/aromatic N) is 6. The van der Waals surface area contributed by atoms with Crippen LogP contribution >= 0.6 is 11.3 Å². The summed E-state index contributed by atoms with van der Waals surface area (Å²) in [7, 11) is 0. The lowest BCUT2D eigenvalue weighted by Gasteiger charge is -2.16. The third kappa shape index (κ3) is 4.38. The first-order valence-corrected chi connectivity index (χ1v) is 16.7. The van der Waals surface area contributed by atoms with Crippen molar-refractivity contribution in [2.45, 2.75) is 0 Å². The van der Waals surface area contributed by atoms with Crippen LogP contribution in [0.1, 0.15) is 11.1 Å². The number of benzene rings is 6. The number of aromatic nitrogens is 3. The van der Waals surface area contributed by atoms with E-state index >= 15 is 0 Å². The van der Waals surface area contributed by atoms with E-state index in [4.69, 9.17) is 16.5 Å². The van der Waals surface area contributed by atoms with Gasteiger partial charge in [0, 0.05) is 37.4 Å². The van der Waals surface area contributed by atoms with Gasteiger partial charge in [-0.15, -0.1) is 11.3 Å². The maximum Gasteiger partial charge on any atom is 0.212 e. The van der Waals surface area contributed by atoms with Crippen molar-refractivity contribution < 1.29 is 0 Å². The molecule has 9 rings (SSSR count). The number of fused-ring (bicyclic) bond motifs is 7. The van der Waals surface area contributed by atoms with Crippen LogP contribution in [-0.4, -0.2) is 14.5 Å². The van der Waals surface area contributed by atoms with Crippen molar-refractivity contribution in [2.24, 2.45) is 0 Å². The molecule has 0 aliphatic carbocycles. The smallest absolute Gasteiger partial charge is 0.212 e. The molecular weight excluding hydrogens is 633 g/mol. The highest BCUT2D eigenvalue weighted by Gasteiger charge is 2.25. The summed E-state index contributed by atoms with van der Waals surface area (Å²) in [5.74, 6) is 0.444. The van der Waals surface area contributed by atoms with E-state index in [0.29, 0.717) is 34.0 Å². The number of nitriles is 2. The molecule has 0 aliphatic heterocycles. The summed E-state index contributed by atoms with van der Waals surface area (Å²) in [5, 5.41) is 25.8. The van der Waals surface area contributed by atoms with Crippen molar-refractivity contribution in [3.05, 3.63) is 156 Å². The lowest BCUT2D eigenvalue weighted by Crippen LogP contribution is -2.03. The molecule has 0 bridgehead atoms. The van der Waals surface area contributed by atoms with E-state index in [0.717, 1.165) is 43.0 Å². The highest BCUT2D eigenvalue weighted by atomic mass is 32.1. The number of thiophene rings is 1. The van der Waals surface area contributed by atoms with Crippen LogP contribution in [0.4, 0.5) is 5.69 Å². The van der Waals surface area contributed by atoms with E-state index in [1.54, 1.807) is 23.5 Å². The second-order valence-electron chi connectivity index (χ2n) is 11.9. The van der Waals surface area contributed by atoms with Crippen LogP contribution in [0.5, 0.6) is 0 Å². The van der Waals surface area contributed by atoms with Gasteiger partial charge in [0.15, 0.2) is 5.82 Å². The van der Waals surface area contributed by atoms with Crippen LogP contribution in [0.2, 0.25) is 0 Å². The molecule has 0 amide bonds. The van der Waals surface area contributed by atoms with Crippen molar-refractivity contribution >= 4 is 59.0 Å². The summed E-state index contributed by atoms with van der Waals surface area (Å²) in [6.07, 6.45) is 0. The Morgan fingerprint density at radius 1 is 0.620 bits per heavy atom. The van der Waals surface area contributed by atoms with Gasteiger partial charge in [-0.1, -0.05) is 109 Å². The Hall–Kier alpha value is -7.11. The zero-order valence-corrected chi connectivity index (χ0v) is 27.1. The van der Waals surface area contributed by atoms with E-state index in [-0.39, 0.29) is 11.3 Å². The Morgan fingerprint density at radius 2 is 1.26 bits per heavy atom. The Kier molecular flexibility index (Phi) is 6.71. The molecule has 0 aliphatic rings. The molecule has 7 heteroatoms. The first-order valence-electron chi connectivity index (χ1n) is 15.9. The molecule has 230 valence electrons. The minimum absolute atomic E-state index is 0.271. The first-order chi connectivity index (χ1) is 24.7. The summed E-state index contributed by atoms with van der Waals surface area (Å²) in [4.78, 5) is 13.8. The van der Waals surface area contributed by atoms with Gasteiger partial charge in [0.1, 0.15) is 11.6 Å². The van der Waals surface area contributed by atoms with Gasteiger partial charge in [0.2, 0.25) is 5.69 Å². The summed E-state index contributed by atoms with van der Waals surface area (Å²) >= 11 is 1.71. The zero-order valence-electron chi connectivity index (χ0n) is 26.3. The summed E-state index contributed by atoms with van der Waals surface area (Å²) in [6.45, 7) is 8.44. The molecule has 6 nitrogen and oxygen atoms in total. The number of hydrogen-bond acceptors (Lipinski definition) is 5. The molecule has 9 aromatic rings. The molecule has 0 unspecified atom stereocenters. The van der Waals surface area contributed by atoms with Crippen molar-refractivity contribution in [1.29, 1.82) is 10.5 Å². The summed E-state index contributed by atoms with van der Waals surface area (Å²) < 4.78 is 4.34. The highest BCUT2D eigenvalue weighted by Crippen LogP contribution is 2.46. The van der Waals surface area contributed by atoms with Crippen LogP contribution in [0.3, 0.4) is 0 Å². The molecule has 0 N–H and O–H groups in total. The molecule has 3 aromatic heterocycles. The van der Waals surface area contributed by atoms with Crippen LogP contribution in [0.25, 0.3) is 86.4 Å². The molecule has 50 heavy (non-hydrogen) atoms. The minimum atomic E-state index is 0.271. The molecule has 0 atom stereocenters. The van der Waals surface area contributed by atoms with Gasteiger partial charge in [-0.05, 0) is 29.8 Å². The average molecular weight is 655 g/mol. The molecule has 0 radical (unpaired) electrons. The fourth-order valence-electron chi connectivity index (χ4n) is 6.92. The third-order valence-corrected chi connectivity index (χ3v) is 10.3. The average Bonchev–Trinajstić information content (AvgIpc) is 3.73. The predicted molar refractivity (Wildman–Crippen MR) is 201 cm³/mol. The molecule has 0 saturated carbocycles. The van der Waals surface area contributed by atoms with Gasteiger partial charge in [0.25, 0.3) is 0 Å². The Bertz CT molecular complexity index is 2920. The van der Waals surface area contributed by atoms with Gasteiger partial charge < -0.3 is 4.57 Å². The number of para-hydroxylation sites is 1. The van der Waals surface area contributed by atoms with Gasteiger partial charge in [-0.2, -0.15) is 10.5 Å². The molecular formula is C43H22N6S.